The van der Waals surface area contributed by atoms with Crippen molar-refractivity contribution in [3.63, 3.8) is 0 Å². The number of amides is 2. The molecule has 0 saturated carbocycles. The van der Waals surface area contributed by atoms with Gasteiger partial charge in [0.25, 0.3) is 5.91 Å². The van der Waals surface area contributed by atoms with E-state index in [1.165, 1.54) is 0 Å². The molecule has 0 unspecified atom stereocenters. The average molecular weight is 319 g/mol. The second kappa shape index (κ2) is 5.88. The van der Waals surface area contributed by atoms with Crippen molar-refractivity contribution < 1.29 is 9.59 Å². The molecule has 0 spiro atoms. The molecule has 2 aromatic heterocycles. The van der Waals surface area contributed by atoms with Crippen molar-refractivity contribution >= 4 is 23.2 Å². The normalized spacial score (nSPS) is 14.0. The molecule has 0 bridgehead atoms. The highest BCUT2D eigenvalue weighted by Gasteiger charge is 2.26. The molecule has 0 aromatic carbocycles. The molecule has 0 radical (unpaired) electrons. The fourth-order valence-corrected chi connectivity index (χ4v) is 3.44. The third-order valence-corrected chi connectivity index (χ3v) is 4.93. The van der Waals surface area contributed by atoms with Gasteiger partial charge in [0.15, 0.2) is 5.69 Å². The van der Waals surface area contributed by atoms with E-state index in [0.29, 0.717) is 32.4 Å². The molecule has 3 heterocycles. The first-order valence-electron chi connectivity index (χ1n) is 7.09. The number of H-pyrrole nitrogens is 1. The van der Waals surface area contributed by atoms with Crippen LogP contribution < -0.4 is 5.73 Å². The fourth-order valence-electron chi connectivity index (χ4n) is 2.66. The number of fused-ring (bicyclic) bond motifs is 1. The number of hydrogen-bond donors (Lipinski definition) is 2. The van der Waals surface area contributed by atoms with E-state index in [4.69, 9.17) is 5.73 Å². The van der Waals surface area contributed by atoms with Gasteiger partial charge in [-0.05, 0) is 13.3 Å². The van der Waals surface area contributed by atoms with Crippen LogP contribution in [-0.4, -0.2) is 38.4 Å². The van der Waals surface area contributed by atoms with E-state index in [0.717, 1.165) is 21.8 Å². The van der Waals surface area contributed by atoms with Crippen molar-refractivity contribution in [3.05, 3.63) is 33.0 Å². The van der Waals surface area contributed by atoms with Gasteiger partial charge in [-0.15, -0.1) is 11.3 Å². The lowest BCUT2D eigenvalue weighted by Crippen LogP contribution is -2.36. The van der Waals surface area contributed by atoms with E-state index >= 15 is 0 Å². The average Bonchev–Trinajstić information content (AvgIpc) is 3.10. The number of primary amides is 1. The van der Waals surface area contributed by atoms with Crippen molar-refractivity contribution in [1.29, 1.82) is 0 Å². The predicted octanol–water partition coefficient (Wildman–Crippen LogP) is 0.791. The zero-order valence-electron chi connectivity index (χ0n) is 12.3. The standard InChI is InChI=1S/C14H17N5O2S/c1-8-11(22-7-16-8)2-3-12(20)19-5-4-10-9(6-19)13(14(15)21)18-17-10/h7H,2-6H2,1H3,(H2,15,21)(H,17,18). The Hall–Kier alpha value is -2.22. The first kappa shape index (κ1) is 14.7. The molecule has 7 nitrogen and oxygen atoms in total. The Morgan fingerprint density at radius 1 is 1.50 bits per heavy atom. The Bertz CT molecular complexity index is 721. The number of aryl methyl sites for hydroxylation is 2. The van der Waals surface area contributed by atoms with Crippen LogP contribution in [0.2, 0.25) is 0 Å². The van der Waals surface area contributed by atoms with Gasteiger partial charge in [0.1, 0.15) is 0 Å². The number of carbonyl (C=O) groups is 2. The summed E-state index contributed by atoms with van der Waals surface area (Å²) in [7, 11) is 0. The molecule has 1 aliphatic rings. The summed E-state index contributed by atoms with van der Waals surface area (Å²) in [6.45, 7) is 2.98. The van der Waals surface area contributed by atoms with Gasteiger partial charge in [0.2, 0.25) is 5.91 Å². The molecule has 0 atom stereocenters. The Kier molecular flexibility index (Phi) is 3.93. The Morgan fingerprint density at radius 2 is 2.32 bits per heavy atom. The van der Waals surface area contributed by atoms with Crippen molar-refractivity contribution in [1.82, 2.24) is 20.1 Å². The first-order valence-corrected chi connectivity index (χ1v) is 7.97. The number of carbonyl (C=O) groups excluding carboxylic acids is 2. The molecule has 116 valence electrons. The van der Waals surface area contributed by atoms with Crippen molar-refractivity contribution in [2.45, 2.75) is 32.7 Å². The van der Waals surface area contributed by atoms with E-state index in [1.54, 1.807) is 21.7 Å². The zero-order valence-corrected chi connectivity index (χ0v) is 13.1. The van der Waals surface area contributed by atoms with Crippen LogP contribution >= 0.6 is 11.3 Å². The summed E-state index contributed by atoms with van der Waals surface area (Å²) < 4.78 is 0. The monoisotopic (exact) mass is 319 g/mol. The quantitative estimate of drug-likeness (QED) is 0.869. The summed E-state index contributed by atoms with van der Waals surface area (Å²) in [6, 6.07) is 0. The largest absolute Gasteiger partial charge is 0.364 e. The summed E-state index contributed by atoms with van der Waals surface area (Å²) in [6.07, 6.45) is 1.82. The van der Waals surface area contributed by atoms with Gasteiger partial charge in [0.05, 0.1) is 11.2 Å². The summed E-state index contributed by atoms with van der Waals surface area (Å²) in [4.78, 5) is 30.8. The van der Waals surface area contributed by atoms with Gasteiger partial charge in [-0.2, -0.15) is 5.10 Å². The minimum atomic E-state index is -0.563. The molecule has 0 fully saturated rings. The number of nitrogens with two attached hydrogens (primary N) is 1. The minimum Gasteiger partial charge on any atom is -0.364 e. The molecule has 0 aliphatic carbocycles. The van der Waals surface area contributed by atoms with Crippen molar-refractivity contribution in [3.8, 4) is 0 Å². The van der Waals surface area contributed by atoms with E-state index in [9.17, 15) is 9.59 Å². The number of hydrogen-bond acceptors (Lipinski definition) is 5. The lowest BCUT2D eigenvalue weighted by molar-refractivity contribution is -0.132. The molecule has 2 amide bonds. The topological polar surface area (TPSA) is 105 Å². The smallest absolute Gasteiger partial charge is 0.269 e. The third kappa shape index (κ3) is 2.74. The highest BCUT2D eigenvalue weighted by atomic mass is 32.1. The number of rotatable bonds is 4. The Morgan fingerprint density at radius 3 is 3.00 bits per heavy atom. The van der Waals surface area contributed by atoms with Gasteiger partial charge in [-0.25, -0.2) is 4.98 Å². The lowest BCUT2D eigenvalue weighted by atomic mass is 10.0. The van der Waals surface area contributed by atoms with Gasteiger partial charge < -0.3 is 10.6 Å². The first-order chi connectivity index (χ1) is 10.6. The molecule has 3 N–H and O–H groups in total. The lowest BCUT2D eigenvalue weighted by Gasteiger charge is -2.27. The maximum absolute atomic E-state index is 12.4. The SMILES string of the molecule is Cc1ncsc1CCC(=O)N1CCc2[nH]nc(C(N)=O)c2C1. The molecule has 8 heteroatoms. The van der Waals surface area contributed by atoms with E-state index in [-0.39, 0.29) is 11.6 Å². The van der Waals surface area contributed by atoms with Crippen LogP contribution in [0.5, 0.6) is 0 Å². The fraction of sp³-hybridized carbons (Fsp3) is 0.429. The maximum Gasteiger partial charge on any atom is 0.269 e. The summed E-state index contributed by atoms with van der Waals surface area (Å²) in [5.74, 6) is -0.484. The second-order valence-electron chi connectivity index (χ2n) is 5.32. The van der Waals surface area contributed by atoms with Crippen LogP contribution in [0.4, 0.5) is 0 Å². The van der Waals surface area contributed by atoms with E-state index < -0.39 is 5.91 Å². The highest BCUT2D eigenvalue weighted by molar-refractivity contribution is 7.09. The second-order valence-corrected chi connectivity index (χ2v) is 6.26. The molecule has 0 saturated heterocycles. The molecular formula is C14H17N5O2S. The number of aromatic amines is 1. The van der Waals surface area contributed by atoms with Crippen molar-refractivity contribution in [2.75, 3.05) is 6.54 Å². The summed E-state index contributed by atoms with van der Waals surface area (Å²) >= 11 is 1.58. The van der Waals surface area contributed by atoms with Crippen LogP contribution in [0, 0.1) is 6.92 Å². The van der Waals surface area contributed by atoms with Crippen molar-refractivity contribution in [2.24, 2.45) is 5.73 Å². The number of nitrogens with zero attached hydrogens (tertiary/aromatic N) is 3. The zero-order chi connectivity index (χ0) is 15.7. The molecule has 22 heavy (non-hydrogen) atoms. The third-order valence-electron chi connectivity index (χ3n) is 3.93. The van der Waals surface area contributed by atoms with Crippen LogP contribution in [0.3, 0.4) is 0 Å². The number of aromatic nitrogens is 3. The molecule has 1 aliphatic heterocycles. The molecule has 2 aromatic rings. The number of thiazole rings is 1. The predicted molar refractivity (Wildman–Crippen MR) is 81.4 cm³/mol. The molecule has 3 rings (SSSR count). The molecular weight excluding hydrogens is 302 g/mol. The van der Waals surface area contributed by atoms with E-state index in [2.05, 4.69) is 15.2 Å². The van der Waals surface area contributed by atoms with Gasteiger partial charge >= 0.3 is 0 Å². The van der Waals surface area contributed by atoms with Gasteiger partial charge in [-0.3, -0.25) is 14.7 Å². The highest BCUT2D eigenvalue weighted by Crippen LogP contribution is 2.21. The van der Waals surface area contributed by atoms with Gasteiger partial charge in [0, 0.05) is 42.1 Å². The summed E-state index contributed by atoms with van der Waals surface area (Å²) in [5, 5.41) is 6.78. The Labute approximate surface area is 131 Å². The number of nitrogens with one attached hydrogen (secondary N) is 1. The van der Waals surface area contributed by atoms with Gasteiger partial charge in [-0.1, -0.05) is 0 Å². The minimum absolute atomic E-state index is 0.0788. The van der Waals surface area contributed by atoms with E-state index in [1.807, 2.05) is 6.92 Å². The maximum atomic E-state index is 12.4. The van der Waals surface area contributed by atoms with Crippen LogP contribution in [0.15, 0.2) is 5.51 Å². The Balaban J connectivity index is 1.66. The van der Waals surface area contributed by atoms with Crippen LogP contribution in [-0.2, 0) is 24.2 Å². The van der Waals surface area contributed by atoms with Crippen LogP contribution in [0.25, 0.3) is 0 Å². The summed E-state index contributed by atoms with van der Waals surface area (Å²) in [5.41, 5.74) is 9.99. The van der Waals surface area contributed by atoms with Crippen LogP contribution in [0.1, 0.15) is 38.7 Å².